The fourth-order valence-electron chi connectivity index (χ4n) is 1.42. The fraction of sp³-hybridized carbons (Fsp3) is 0.0909. The molecule has 2 rings (SSSR count). The molecule has 0 saturated carbocycles. The molecule has 1 aromatic heterocycles. The quantitative estimate of drug-likeness (QED) is 0.336. The highest BCUT2D eigenvalue weighted by atomic mass is 16.6. The summed E-state index contributed by atoms with van der Waals surface area (Å²) in [6.45, 7) is 0. The second-order valence-electron chi connectivity index (χ2n) is 3.80. The van der Waals surface area contributed by atoms with Gasteiger partial charge in [0.2, 0.25) is 0 Å². The van der Waals surface area contributed by atoms with E-state index in [1.165, 1.54) is 37.5 Å². The molecule has 0 atom stereocenters. The number of aromatic amines is 1. The molecular formula is C11H9N6O4-. The second kappa shape index (κ2) is 5.77. The first kappa shape index (κ1) is 14.1. The van der Waals surface area contributed by atoms with E-state index in [4.69, 9.17) is 0 Å². The number of nitrogens with zero attached hydrogens (tertiary/aromatic N) is 5. The van der Waals surface area contributed by atoms with Gasteiger partial charge in [-0.05, 0) is 17.7 Å². The highest BCUT2D eigenvalue weighted by Crippen LogP contribution is 2.10. The van der Waals surface area contributed by atoms with Crippen LogP contribution in [0.5, 0.6) is 0 Å². The van der Waals surface area contributed by atoms with E-state index in [9.17, 15) is 20.0 Å². The standard InChI is InChI=1S/C11H10N6O4/c1-12-10(18)9-11(19)16(15-14-9)13-6-7-2-4-8(5-3-7)17(20)21/h2-6,15H,1H3,(H,12,18)/p-1/b13-6+. The molecule has 0 aliphatic heterocycles. The van der Waals surface area contributed by atoms with Crippen molar-refractivity contribution in [2.24, 2.45) is 10.1 Å². The van der Waals surface area contributed by atoms with Crippen LogP contribution in [0.3, 0.4) is 0 Å². The molecule has 0 unspecified atom stereocenters. The monoisotopic (exact) mass is 289 g/mol. The Morgan fingerprint density at radius 1 is 1.43 bits per heavy atom. The number of hydrogen-bond acceptors (Lipinski definition) is 7. The lowest BCUT2D eigenvalue weighted by Crippen LogP contribution is -2.27. The van der Waals surface area contributed by atoms with E-state index >= 15 is 0 Å². The van der Waals surface area contributed by atoms with Crippen LogP contribution in [-0.4, -0.2) is 39.2 Å². The number of aliphatic imine (C=N–C) groups is 1. The van der Waals surface area contributed by atoms with Crippen LogP contribution in [0.25, 0.3) is 0 Å². The topological polar surface area (TPSA) is 142 Å². The maximum atomic E-state index is 11.7. The van der Waals surface area contributed by atoms with Crippen LogP contribution in [0.2, 0.25) is 0 Å². The molecule has 1 N–H and O–H groups in total. The lowest BCUT2D eigenvalue weighted by atomic mass is 10.2. The van der Waals surface area contributed by atoms with Crippen LogP contribution >= 0.6 is 0 Å². The molecule has 1 heterocycles. The summed E-state index contributed by atoms with van der Waals surface area (Å²) in [5, 5.41) is 31.3. The van der Waals surface area contributed by atoms with E-state index in [0.717, 1.165) is 4.79 Å². The van der Waals surface area contributed by atoms with Gasteiger partial charge in [0, 0.05) is 25.1 Å². The van der Waals surface area contributed by atoms with Crippen molar-refractivity contribution in [1.29, 1.82) is 0 Å². The van der Waals surface area contributed by atoms with Gasteiger partial charge in [0.1, 0.15) is 0 Å². The molecule has 10 nitrogen and oxygen atoms in total. The number of nitro benzene ring substituents is 1. The van der Waals surface area contributed by atoms with E-state index in [2.05, 4.69) is 20.4 Å². The van der Waals surface area contributed by atoms with Gasteiger partial charge in [-0.3, -0.25) is 14.9 Å². The molecule has 2 aromatic rings. The molecule has 1 aromatic carbocycles. The van der Waals surface area contributed by atoms with Gasteiger partial charge in [-0.15, -0.1) is 4.79 Å². The van der Waals surface area contributed by atoms with Crippen LogP contribution < -0.4 is 10.7 Å². The number of nitro groups is 1. The van der Waals surface area contributed by atoms with Gasteiger partial charge < -0.3 is 10.1 Å². The van der Waals surface area contributed by atoms with Gasteiger partial charge in [0.05, 0.1) is 11.1 Å². The Morgan fingerprint density at radius 2 is 2.10 bits per heavy atom. The third-order valence-corrected chi connectivity index (χ3v) is 2.48. The minimum absolute atomic E-state index is 0.0525. The Kier molecular flexibility index (Phi) is 3.88. The number of hydrogen-bond donors (Lipinski definition) is 1. The molecule has 0 aliphatic carbocycles. The molecule has 108 valence electrons. The number of H-pyrrole nitrogens is 1. The Bertz CT molecular complexity index is 771. The van der Waals surface area contributed by atoms with Crippen molar-refractivity contribution in [3.63, 3.8) is 0 Å². The Morgan fingerprint density at radius 3 is 2.67 bits per heavy atom. The minimum atomic E-state index is -0.750. The van der Waals surface area contributed by atoms with Crippen molar-refractivity contribution in [2.45, 2.75) is 0 Å². The summed E-state index contributed by atoms with van der Waals surface area (Å²) in [5.74, 6) is -0.750. The summed E-state index contributed by atoms with van der Waals surface area (Å²) in [5.41, 5.74) is -0.611. The number of aromatic nitrogens is 3. The summed E-state index contributed by atoms with van der Waals surface area (Å²) >= 11 is 0. The fourth-order valence-corrected chi connectivity index (χ4v) is 1.42. The van der Waals surface area contributed by atoms with Gasteiger partial charge in [0.25, 0.3) is 5.69 Å². The lowest BCUT2D eigenvalue weighted by Gasteiger charge is -2.01. The summed E-state index contributed by atoms with van der Waals surface area (Å²) in [6, 6.07) is 5.55. The highest BCUT2D eigenvalue weighted by molar-refractivity contribution is 5.87. The number of non-ortho nitro benzene ring substituents is 1. The first-order valence-corrected chi connectivity index (χ1v) is 5.63. The largest absolute Gasteiger partial charge is 0.857 e. The molecule has 0 radical (unpaired) electrons. The molecular weight excluding hydrogens is 280 g/mol. The van der Waals surface area contributed by atoms with E-state index in [1.807, 2.05) is 0 Å². The van der Waals surface area contributed by atoms with Crippen LogP contribution in [0.15, 0.2) is 39.2 Å². The van der Waals surface area contributed by atoms with Gasteiger partial charge in [-0.2, -0.15) is 15.4 Å². The van der Waals surface area contributed by atoms with Crippen LogP contribution in [0.1, 0.15) is 11.3 Å². The van der Waals surface area contributed by atoms with Gasteiger partial charge in [-0.1, -0.05) is 0 Å². The molecule has 10 heteroatoms. The van der Waals surface area contributed by atoms with Crippen molar-refractivity contribution in [2.75, 3.05) is 7.05 Å². The second-order valence-corrected chi connectivity index (χ2v) is 3.80. The number of benzene rings is 1. The van der Waals surface area contributed by atoms with Gasteiger partial charge >= 0.3 is 5.56 Å². The molecule has 21 heavy (non-hydrogen) atoms. The van der Waals surface area contributed by atoms with Crippen molar-refractivity contribution < 1.29 is 10.0 Å². The molecule has 0 amide bonds. The van der Waals surface area contributed by atoms with E-state index in [1.54, 1.807) is 0 Å². The van der Waals surface area contributed by atoms with Crippen LogP contribution in [0.4, 0.5) is 5.69 Å². The Hall–Kier alpha value is -3.30. The third kappa shape index (κ3) is 3.00. The average molecular weight is 289 g/mol. The van der Waals surface area contributed by atoms with Gasteiger partial charge in [-0.25, -0.2) is 0 Å². The summed E-state index contributed by atoms with van der Waals surface area (Å²) in [6.07, 6.45) is 1.29. The normalized spacial score (nSPS) is 12.0. The molecule has 0 saturated heterocycles. The minimum Gasteiger partial charge on any atom is -0.857 e. The Balaban J connectivity index is 2.24. The maximum absolute atomic E-state index is 11.7. The van der Waals surface area contributed by atoms with Crippen molar-refractivity contribution in [1.82, 2.24) is 15.1 Å². The summed E-state index contributed by atoms with van der Waals surface area (Å²) < 4.78 is 0. The number of rotatable bonds is 4. The van der Waals surface area contributed by atoms with Crippen molar-refractivity contribution in [3.8, 4) is 0 Å². The lowest BCUT2D eigenvalue weighted by molar-refractivity contribution is -0.384. The summed E-state index contributed by atoms with van der Waals surface area (Å²) in [4.78, 5) is 25.8. The van der Waals surface area contributed by atoms with E-state index in [0.29, 0.717) is 5.56 Å². The van der Waals surface area contributed by atoms with Crippen LogP contribution in [0, 0.1) is 10.1 Å². The molecule has 0 fully saturated rings. The third-order valence-electron chi connectivity index (χ3n) is 2.48. The van der Waals surface area contributed by atoms with Crippen molar-refractivity contribution >= 4 is 17.8 Å². The zero-order chi connectivity index (χ0) is 15.4. The predicted octanol–water partition coefficient (Wildman–Crippen LogP) is -0.902. The molecule has 0 bridgehead atoms. The zero-order valence-corrected chi connectivity index (χ0v) is 10.8. The first-order valence-electron chi connectivity index (χ1n) is 5.63. The van der Waals surface area contributed by atoms with Crippen LogP contribution in [-0.2, 0) is 0 Å². The predicted molar refractivity (Wildman–Crippen MR) is 71.4 cm³/mol. The van der Waals surface area contributed by atoms with E-state index in [-0.39, 0.29) is 11.4 Å². The smallest absolute Gasteiger partial charge is 0.316 e. The SMILES string of the molecule is CN=C([O-])c1n[nH]n(/N=C/c2ccc([N+](=O)[O-])cc2)c1=O. The van der Waals surface area contributed by atoms with Gasteiger partial charge in [0.15, 0.2) is 5.69 Å². The average Bonchev–Trinajstić information content (AvgIpc) is 2.86. The molecule has 0 aliphatic rings. The van der Waals surface area contributed by atoms with E-state index < -0.39 is 16.4 Å². The van der Waals surface area contributed by atoms with Crippen molar-refractivity contribution in [3.05, 3.63) is 56.0 Å². The maximum Gasteiger partial charge on any atom is 0.316 e. The number of nitrogens with one attached hydrogen (secondary N) is 1. The Labute approximate surface area is 117 Å². The highest BCUT2D eigenvalue weighted by Gasteiger charge is 2.07. The zero-order valence-electron chi connectivity index (χ0n) is 10.8. The summed E-state index contributed by atoms with van der Waals surface area (Å²) in [7, 11) is 1.25. The molecule has 0 spiro atoms. The first-order chi connectivity index (χ1) is 10.0.